The Hall–Kier alpha value is -1.35. The lowest BCUT2D eigenvalue weighted by atomic mass is 9.72. The van der Waals surface area contributed by atoms with E-state index in [1.807, 2.05) is 35.2 Å². The van der Waals surface area contributed by atoms with Crippen LogP contribution in [0, 0.1) is 7.05 Å². The van der Waals surface area contributed by atoms with Crippen LogP contribution in [-0.4, -0.2) is 23.9 Å². The van der Waals surface area contributed by atoms with E-state index >= 15 is 0 Å². The molecule has 0 atom stereocenters. The highest BCUT2D eigenvalue weighted by Gasteiger charge is 2.39. The standard InChI is InChI=1S/C13H17N2O/c1-15-9-7-13(8-10-15,12(14)16)11-5-3-2-4-6-11/h2-6H,1,7-10H2,(H2,14,16)/q-1. The summed E-state index contributed by atoms with van der Waals surface area (Å²) in [6.45, 7) is 1.63. The fraction of sp³-hybridized carbons (Fsp3) is 0.385. The van der Waals surface area contributed by atoms with Gasteiger partial charge in [-0.05, 0) is 31.5 Å². The van der Waals surface area contributed by atoms with Gasteiger partial charge in [0.15, 0.2) is 0 Å². The lowest BCUT2D eigenvalue weighted by Gasteiger charge is -2.42. The van der Waals surface area contributed by atoms with Crippen molar-refractivity contribution in [1.29, 1.82) is 0 Å². The number of nitrogens with zero attached hydrogens (tertiary/aromatic N) is 1. The van der Waals surface area contributed by atoms with Gasteiger partial charge < -0.3 is 10.6 Å². The average Bonchev–Trinajstić information content (AvgIpc) is 2.31. The summed E-state index contributed by atoms with van der Waals surface area (Å²) in [5.74, 6) is -0.216. The van der Waals surface area contributed by atoms with E-state index in [0.29, 0.717) is 0 Å². The maximum atomic E-state index is 11.8. The van der Waals surface area contributed by atoms with Crippen LogP contribution in [0.5, 0.6) is 0 Å². The van der Waals surface area contributed by atoms with Gasteiger partial charge in [0.1, 0.15) is 0 Å². The second-order valence-electron chi connectivity index (χ2n) is 4.43. The van der Waals surface area contributed by atoms with E-state index in [9.17, 15) is 4.79 Å². The highest BCUT2D eigenvalue weighted by atomic mass is 16.1. The fourth-order valence-corrected chi connectivity index (χ4v) is 2.37. The van der Waals surface area contributed by atoms with Gasteiger partial charge in [-0.2, -0.15) is 0 Å². The molecule has 2 N–H and O–H groups in total. The predicted molar refractivity (Wildman–Crippen MR) is 63.5 cm³/mol. The summed E-state index contributed by atoms with van der Waals surface area (Å²) in [6.07, 6.45) is 1.52. The van der Waals surface area contributed by atoms with Crippen LogP contribution in [0.2, 0.25) is 0 Å². The highest BCUT2D eigenvalue weighted by Crippen LogP contribution is 2.34. The monoisotopic (exact) mass is 217 g/mol. The molecule has 1 fully saturated rings. The van der Waals surface area contributed by atoms with Crippen LogP contribution in [0.1, 0.15) is 18.4 Å². The Morgan fingerprint density at radius 1 is 1.25 bits per heavy atom. The summed E-state index contributed by atoms with van der Waals surface area (Å²) < 4.78 is 0. The van der Waals surface area contributed by atoms with Crippen molar-refractivity contribution in [3.8, 4) is 0 Å². The Morgan fingerprint density at radius 2 is 1.81 bits per heavy atom. The van der Waals surface area contributed by atoms with Crippen molar-refractivity contribution in [2.45, 2.75) is 18.3 Å². The summed E-state index contributed by atoms with van der Waals surface area (Å²) in [7, 11) is 3.90. The zero-order valence-corrected chi connectivity index (χ0v) is 9.36. The van der Waals surface area contributed by atoms with Crippen LogP contribution < -0.4 is 5.73 Å². The molecule has 3 heteroatoms. The Kier molecular flexibility index (Phi) is 2.97. The van der Waals surface area contributed by atoms with E-state index < -0.39 is 5.41 Å². The van der Waals surface area contributed by atoms with Gasteiger partial charge in [0, 0.05) is 0 Å². The zero-order valence-electron chi connectivity index (χ0n) is 9.36. The number of carbonyl (C=O) groups is 1. The minimum absolute atomic E-state index is 0.216. The molecule has 2 rings (SSSR count). The number of hydrogen-bond acceptors (Lipinski definition) is 2. The van der Waals surface area contributed by atoms with Crippen LogP contribution in [0.15, 0.2) is 30.3 Å². The van der Waals surface area contributed by atoms with Gasteiger partial charge in [-0.25, -0.2) is 0 Å². The summed E-state index contributed by atoms with van der Waals surface area (Å²) in [6, 6.07) is 9.84. The van der Waals surface area contributed by atoms with Gasteiger partial charge in [0.25, 0.3) is 0 Å². The molecule has 0 bridgehead atoms. The van der Waals surface area contributed by atoms with Crippen LogP contribution >= 0.6 is 0 Å². The molecule has 1 saturated heterocycles. The number of carbonyl (C=O) groups excluding carboxylic acids is 1. The number of rotatable bonds is 2. The van der Waals surface area contributed by atoms with Crippen molar-refractivity contribution in [3.63, 3.8) is 0 Å². The third-order valence-corrected chi connectivity index (χ3v) is 3.51. The Bertz CT molecular complexity index is 367. The zero-order chi connectivity index (χ0) is 11.6. The van der Waals surface area contributed by atoms with Crippen molar-refractivity contribution in [1.82, 2.24) is 4.90 Å². The molecular weight excluding hydrogens is 200 g/mol. The van der Waals surface area contributed by atoms with Crippen LogP contribution in [-0.2, 0) is 10.2 Å². The molecule has 1 aromatic rings. The minimum atomic E-state index is -0.491. The lowest BCUT2D eigenvalue weighted by Crippen LogP contribution is -2.48. The van der Waals surface area contributed by atoms with Crippen molar-refractivity contribution in [2.75, 3.05) is 13.1 Å². The molecule has 16 heavy (non-hydrogen) atoms. The molecule has 1 aliphatic heterocycles. The van der Waals surface area contributed by atoms with Gasteiger partial charge in [-0.1, -0.05) is 30.3 Å². The van der Waals surface area contributed by atoms with Gasteiger partial charge in [-0.15, -0.1) is 0 Å². The largest absolute Gasteiger partial charge is 0.459 e. The van der Waals surface area contributed by atoms with Gasteiger partial charge >= 0.3 is 0 Å². The summed E-state index contributed by atoms with van der Waals surface area (Å²) >= 11 is 0. The Labute approximate surface area is 96.2 Å². The Morgan fingerprint density at radius 3 is 2.31 bits per heavy atom. The minimum Gasteiger partial charge on any atom is -0.459 e. The number of amides is 1. The molecule has 86 valence electrons. The normalized spacial score (nSPS) is 20.6. The summed E-state index contributed by atoms with van der Waals surface area (Å²) in [4.78, 5) is 13.8. The number of likely N-dealkylation sites (tertiary alicyclic amines) is 1. The molecule has 0 spiro atoms. The molecule has 1 amide bonds. The number of nitrogens with two attached hydrogens (primary N) is 1. The molecule has 1 heterocycles. The summed E-state index contributed by atoms with van der Waals surface area (Å²) in [5.41, 5.74) is 6.15. The predicted octanol–water partition coefficient (Wildman–Crippen LogP) is 1.30. The molecular formula is C13H17N2O-. The van der Waals surface area contributed by atoms with Gasteiger partial charge in [0.05, 0.1) is 5.41 Å². The number of benzene rings is 1. The van der Waals surface area contributed by atoms with E-state index in [1.165, 1.54) is 0 Å². The molecule has 0 unspecified atom stereocenters. The maximum Gasteiger partial charge on any atom is 0.228 e. The van der Waals surface area contributed by atoms with Gasteiger partial charge in [-0.3, -0.25) is 11.8 Å². The first-order valence-electron chi connectivity index (χ1n) is 5.56. The SMILES string of the molecule is [CH2-]N1CCC(C(N)=O)(c2ccccc2)CC1. The first-order valence-corrected chi connectivity index (χ1v) is 5.56. The number of hydrogen-bond donors (Lipinski definition) is 1. The molecule has 3 nitrogen and oxygen atoms in total. The van der Waals surface area contributed by atoms with E-state index in [2.05, 4.69) is 7.05 Å². The number of piperidine rings is 1. The van der Waals surface area contributed by atoms with Crippen LogP contribution in [0.3, 0.4) is 0 Å². The first kappa shape index (κ1) is 11.1. The second kappa shape index (κ2) is 4.26. The van der Waals surface area contributed by atoms with Crippen LogP contribution in [0.4, 0.5) is 0 Å². The molecule has 1 aliphatic rings. The molecule has 1 aromatic carbocycles. The van der Waals surface area contributed by atoms with E-state index in [4.69, 9.17) is 5.73 Å². The molecule has 0 aliphatic carbocycles. The smallest absolute Gasteiger partial charge is 0.228 e. The fourth-order valence-electron chi connectivity index (χ4n) is 2.37. The van der Waals surface area contributed by atoms with E-state index in [-0.39, 0.29) is 5.91 Å². The highest BCUT2D eigenvalue weighted by molar-refractivity contribution is 5.86. The topological polar surface area (TPSA) is 46.3 Å². The first-order chi connectivity index (χ1) is 7.65. The lowest BCUT2D eigenvalue weighted by molar-refractivity contribution is -0.125. The molecule has 0 aromatic heterocycles. The number of primary amides is 1. The average molecular weight is 217 g/mol. The van der Waals surface area contributed by atoms with Crippen LogP contribution in [0.25, 0.3) is 0 Å². The van der Waals surface area contributed by atoms with Crippen molar-refractivity contribution in [2.24, 2.45) is 5.73 Å². The van der Waals surface area contributed by atoms with Crippen molar-refractivity contribution < 1.29 is 4.79 Å². The van der Waals surface area contributed by atoms with Crippen molar-refractivity contribution in [3.05, 3.63) is 42.9 Å². The van der Waals surface area contributed by atoms with E-state index in [1.54, 1.807) is 0 Å². The van der Waals surface area contributed by atoms with Crippen molar-refractivity contribution >= 4 is 5.91 Å². The maximum absolute atomic E-state index is 11.8. The summed E-state index contributed by atoms with van der Waals surface area (Å²) in [5, 5.41) is 0. The van der Waals surface area contributed by atoms with E-state index in [0.717, 1.165) is 31.5 Å². The third-order valence-electron chi connectivity index (χ3n) is 3.51. The molecule has 0 saturated carbocycles. The third kappa shape index (κ3) is 1.83. The molecule has 0 radical (unpaired) electrons. The second-order valence-corrected chi connectivity index (χ2v) is 4.43. The Balaban J connectivity index is 2.34. The van der Waals surface area contributed by atoms with Gasteiger partial charge in [0.2, 0.25) is 5.91 Å². The quantitative estimate of drug-likeness (QED) is 0.759.